The maximum Gasteiger partial charge on any atom is 0.0930 e. The van der Waals surface area contributed by atoms with Crippen LogP contribution < -0.4 is 0 Å². The smallest absolute Gasteiger partial charge is 0.0930 e. The molecule has 0 aliphatic heterocycles. The monoisotopic (exact) mass is 350 g/mol. The van der Waals surface area contributed by atoms with Crippen LogP contribution in [0.2, 0.25) is 5.02 Å². The Balaban J connectivity index is 1.87. The average Bonchev–Trinajstić information content (AvgIpc) is 3.01. The van der Waals surface area contributed by atoms with E-state index in [1.54, 1.807) is 0 Å². The molecule has 25 heavy (non-hydrogen) atoms. The molecule has 0 bridgehead atoms. The van der Waals surface area contributed by atoms with E-state index in [1.165, 1.54) is 37.7 Å². The molecule has 1 aliphatic carbocycles. The summed E-state index contributed by atoms with van der Waals surface area (Å²) in [6.45, 7) is 2.10. The molecule has 1 aromatic heterocycles. The molecular formula is C22H23ClN2. The molecule has 4 rings (SSSR count). The fourth-order valence-corrected chi connectivity index (χ4v) is 4.15. The molecule has 3 aromatic rings. The molecule has 0 spiro atoms. The van der Waals surface area contributed by atoms with Gasteiger partial charge in [-0.05, 0) is 31.9 Å². The summed E-state index contributed by atoms with van der Waals surface area (Å²) in [5.41, 5.74) is 5.50. The van der Waals surface area contributed by atoms with Crippen molar-refractivity contribution in [2.75, 3.05) is 0 Å². The summed E-state index contributed by atoms with van der Waals surface area (Å²) < 4.78 is 2.03. The van der Waals surface area contributed by atoms with E-state index in [0.717, 1.165) is 27.7 Å². The third-order valence-corrected chi connectivity index (χ3v) is 5.54. The van der Waals surface area contributed by atoms with Gasteiger partial charge in [-0.25, -0.2) is 4.68 Å². The molecule has 128 valence electrons. The van der Waals surface area contributed by atoms with E-state index >= 15 is 0 Å². The predicted octanol–water partition coefficient (Wildman–Crippen LogP) is 6.55. The van der Waals surface area contributed by atoms with E-state index in [1.807, 2.05) is 10.7 Å². The minimum atomic E-state index is 0.482. The van der Waals surface area contributed by atoms with Crippen LogP contribution in [-0.4, -0.2) is 9.78 Å². The van der Waals surface area contributed by atoms with Crippen molar-refractivity contribution < 1.29 is 0 Å². The first-order valence-corrected chi connectivity index (χ1v) is 9.52. The third kappa shape index (κ3) is 3.23. The molecule has 2 nitrogen and oxygen atoms in total. The zero-order valence-corrected chi connectivity index (χ0v) is 15.3. The highest BCUT2D eigenvalue weighted by Crippen LogP contribution is 2.41. The molecular weight excluding hydrogens is 328 g/mol. The molecule has 1 saturated carbocycles. The van der Waals surface area contributed by atoms with Crippen LogP contribution in [0.4, 0.5) is 0 Å². The SMILES string of the molecule is Cc1ccc(-n2nc(C3CCCCC3)c(Cl)c2-c2ccccc2)cc1. The molecule has 0 unspecified atom stereocenters. The Morgan fingerprint density at radius 1 is 0.920 bits per heavy atom. The fourth-order valence-electron chi connectivity index (χ4n) is 3.77. The normalized spacial score (nSPS) is 15.4. The van der Waals surface area contributed by atoms with Crippen LogP contribution in [0, 0.1) is 6.92 Å². The van der Waals surface area contributed by atoms with E-state index < -0.39 is 0 Å². The van der Waals surface area contributed by atoms with Gasteiger partial charge >= 0.3 is 0 Å². The van der Waals surface area contributed by atoms with Crippen molar-refractivity contribution in [3.05, 3.63) is 70.9 Å². The summed E-state index contributed by atoms with van der Waals surface area (Å²) in [4.78, 5) is 0. The first kappa shape index (κ1) is 16.4. The summed E-state index contributed by atoms with van der Waals surface area (Å²) >= 11 is 6.90. The van der Waals surface area contributed by atoms with Gasteiger partial charge in [-0.1, -0.05) is 78.9 Å². The first-order chi connectivity index (χ1) is 12.2. The Kier molecular flexibility index (Phi) is 4.63. The van der Waals surface area contributed by atoms with Gasteiger partial charge in [0.15, 0.2) is 0 Å². The van der Waals surface area contributed by atoms with Crippen molar-refractivity contribution in [1.29, 1.82) is 0 Å². The number of nitrogens with zero attached hydrogens (tertiary/aromatic N) is 2. The zero-order chi connectivity index (χ0) is 17.2. The van der Waals surface area contributed by atoms with Gasteiger partial charge in [0.1, 0.15) is 0 Å². The first-order valence-electron chi connectivity index (χ1n) is 9.15. The number of aromatic nitrogens is 2. The predicted molar refractivity (Wildman–Crippen MR) is 105 cm³/mol. The lowest BCUT2D eigenvalue weighted by Crippen LogP contribution is -2.06. The van der Waals surface area contributed by atoms with Crippen molar-refractivity contribution in [3.63, 3.8) is 0 Å². The summed E-state index contributed by atoms with van der Waals surface area (Å²) in [7, 11) is 0. The van der Waals surface area contributed by atoms with Crippen LogP contribution in [-0.2, 0) is 0 Å². The number of halogens is 1. The lowest BCUT2D eigenvalue weighted by atomic mass is 9.87. The topological polar surface area (TPSA) is 17.8 Å². The second-order valence-electron chi connectivity index (χ2n) is 7.00. The maximum atomic E-state index is 6.90. The number of rotatable bonds is 3. The second kappa shape index (κ2) is 7.05. The molecule has 0 atom stereocenters. The Bertz CT molecular complexity index is 844. The van der Waals surface area contributed by atoms with Gasteiger partial charge in [-0.15, -0.1) is 0 Å². The van der Waals surface area contributed by atoms with Gasteiger partial charge in [-0.2, -0.15) is 5.10 Å². The van der Waals surface area contributed by atoms with Crippen molar-refractivity contribution >= 4 is 11.6 Å². The Morgan fingerprint density at radius 3 is 2.28 bits per heavy atom. The minimum Gasteiger partial charge on any atom is -0.231 e. The molecule has 0 saturated heterocycles. The van der Waals surface area contributed by atoms with Gasteiger partial charge in [0.2, 0.25) is 0 Å². The zero-order valence-electron chi connectivity index (χ0n) is 14.6. The van der Waals surface area contributed by atoms with Crippen LogP contribution in [0.3, 0.4) is 0 Å². The summed E-state index contributed by atoms with van der Waals surface area (Å²) in [5, 5.41) is 5.81. The quantitative estimate of drug-likeness (QED) is 0.523. The van der Waals surface area contributed by atoms with Crippen molar-refractivity contribution in [2.24, 2.45) is 0 Å². The van der Waals surface area contributed by atoms with E-state index in [2.05, 4.69) is 55.5 Å². The lowest BCUT2D eigenvalue weighted by molar-refractivity contribution is 0.435. The molecule has 0 amide bonds. The minimum absolute atomic E-state index is 0.482. The van der Waals surface area contributed by atoms with Crippen LogP contribution >= 0.6 is 11.6 Å². The average molecular weight is 351 g/mol. The number of hydrogen-bond donors (Lipinski definition) is 0. The van der Waals surface area contributed by atoms with Crippen molar-refractivity contribution in [1.82, 2.24) is 9.78 Å². The van der Waals surface area contributed by atoms with E-state index in [9.17, 15) is 0 Å². The standard InChI is InChI=1S/C22H23ClN2/c1-16-12-14-19(15-13-16)25-22(18-10-6-3-7-11-18)20(23)21(24-25)17-8-4-2-5-9-17/h3,6-7,10-15,17H,2,4-5,8-9H2,1H3. The highest BCUT2D eigenvalue weighted by atomic mass is 35.5. The van der Waals surface area contributed by atoms with E-state index in [-0.39, 0.29) is 0 Å². The van der Waals surface area contributed by atoms with E-state index in [0.29, 0.717) is 5.92 Å². The van der Waals surface area contributed by atoms with Gasteiger partial charge in [0.05, 0.1) is 22.1 Å². The summed E-state index contributed by atoms with van der Waals surface area (Å²) in [6.07, 6.45) is 6.27. The number of benzene rings is 2. The largest absolute Gasteiger partial charge is 0.231 e. The molecule has 0 radical (unpaired) electrons. The van der Waals surface area contributed by atoms with Crippen molar-refractivity contribution in [3.8, 4) is 16.9 Å². The Morgan fingerprint density at radius 2 is 1.60 bits per heavy atom. The highest BCUT2D eigenvalue weighted by Gasteiger charge is 2.26. The van der Waals surface area contributed by atoms with Crippen LogP contribution in [0.1, 0.15) is 49.3 Å². The molecule has 1 fully saturated rings. The molecule has 0 N–H and O–H groups in total. The van der Waals surface area contributed by atoms with Gasteiger partial charge < -0.3 is 0 Å². The number of hydrogen-bond acceptors (Lipinski definition) is 1. The molecule has 1 aliphatic rings. The maximum absolute atomic E-state index is 6.90. The molecule has 1 heterocycles. The lowest BCUT2D eigenvalue weighted by Gasteiger charge is -2.19. The van der Waals surface area contributed by atoms with E-state index in [4.69, 9.17) is 16.7 Å². The summed E-state index contributed by atoms with van der Waals surface area (Å²) in [6, 6.07) is 18.9. The Labute approximate surface area is 154 Å². The van der Waals surface area contributed by atoms with Crippen LogP contribution in [0.15, 0.2) is 54.6 Å². The highest BCUT2D eigenvalue weighted by molar-refractivity contribution is 6.34. The molecule has 2 aromatic carbocycles. The molecule has 3 heteroatoms. The Hall–Kier alpha value is -2.06. The van der Waals surface area contributed by atoms with Crippen molar-refractivity contribution in [2.45, 2.75) is 44.9 Å². The van der Waals surface area contributed by atoms with Gasteiger partial charge in [0, 0.05) is 11.5 Å². The van der Waals surface area contributed by atoms with Gasteiger partial charge in [-0.3, -0.25) is 0 Å². The number of aryl methyl sites for hydroxylation is 1. The second-order valence-corrected chi connectivity index (χ2v) is 7.37. The fraction of sp³-hybridized carbons (Fsp3) is 0.318. The summed E-state index contributed by atoms with van der Waals surface area (Å²) in [5.74, 6) is 0.482. The van der Waals surface area contributed by atoms with Crippen LogP contribution in [0.5, 0.6) is 0 Å². The third-order valence-electron chi connectivity index (χ3n) is 5.17. The van der Waals surface area contributed by atoms with Gasteiger partial charge in [0.25, 0.3) is 0 Å². The van der Waals surface area contributed by atoms with Crippen LogP contribution in [0.25, 0.3) is 16.9 Å².